The molecule has 0 amide bonds. The molecule has 0 aromatic heterocycles. The standard InChI is InChI=1S/C12H16FNO3/c1-7(12(15)16)8(2)14-10-5-4-9(13)6-11(10)17-3/h4-8,14H,1-3H3,(H,15,16). The lowest BCUT2D eigenvalue weighted by Gasteiger charge is -2.20. The van der Waals surface area contributed by atoms with Crippen LogP contribution in [0.2, 0.25) is 0 Å². The zero-order chi connectivity index (χ0) is 13.0. The van der Waals surface area contributed by atoms with E-state index in [1.165, 1.54) is 25.3 Å². The minimum Gasteiger partial charge on any atom is -0.494 e. The van der Waals surface area contributed by atoms with Gasteiger partial charge >= 0.3 is 5.97 Å². The third kappa shape index (κ3) is 3.34. The van der Waals surface area contributed by atoms with Crippen LogP contribution in [0.3, 0.4) is 0 Å². The van der Waals surface area contributed by atoms with Gasteiger partial charge in [0.2, 0.25) is 0 Å². The van der Waals surface area contributed by atoms with Crippen LogP contribution in [-0.4, -0.2) is 24.2 Å². The Hall–Kier alpha value is -1.78. The third-order valence-corrected chi connectivity index (χ3v) is 2.69. The molecule has 0 saturated carbocycles. The van der Waals surface area contributed by atoms with Crippen LogP contribution in [0.4, 0.5) is 10.1 Å². The second-order valence-electron chi connectivity index (χ2n) is 3.90. The molecule has 0 spiro atoms. The molecule has 5 heteroatoms. The largest absolute Gasteiger partial charge is 0.494 e. The normalized spacial score (nSPS) is 13.9. The molecule has 0 aliphatic rings. The fraction of sp³-hybridized carbons (Fsp3) is 0.417. The quantitative estimate of drug-likeness (QED) is 0.830. The van der Waals surface area contributed by atoms with Crippen molar-refractivity contribution in [3.63, 3.8) is 0 Å². The lowest BCUT2D eigenvalue weighted by molar-refractivity contribution is -0.141. The Balaban J connectivity index is 2.84. The Morgan fingerprint density at radius 1 is 1.47 bits per heavy atom. The molecule has 0 saturated heterocycles. The number of benzene rings is 1. The summed E-state index contributed by atoms with van der Waals surface area (Å²) in [6.07, 6.45) is 0. The molecule has 17 heavy (non-hydrogen) atoms. The zero-order valence-electron chi connectivity index (χ0n) is 10.0. The lowest BCUT2D eigenvalue weighted by Crippen LogP contribution is -2.29. The van der Waals surface area contributed by atoms with Crippen molar-refractivity contribution in [2.45, 2.75) is 19.9 Å². The first-order valence-electron chi connectivity index (χ1n) is 5.28. The van der Waals surface area contributed by atoms with Gasteiger partial charge in [-0.1, -0.05) is 0 Å². The highest BCUT2D eigenvalue weighted by Crippen LogP contribution is 2.26. The molecule has 0 radical (unpaired) electrons. The van der Waals surface area contributed by atoms with E-state index >= 15 is 0 Å². The number of anilines is 1. The van der Waals surface area contributed by atoms with Crippen molar-refractivity contribution in [1.29, 1.82) is 0 Å². The topological polar surface area (TPSA) is 58.6 Å². The second kappa shape index (κ2) is 5.52. The number of rotatable bonds is 5. The van der Waals surface area contributed by atoms with E-state index in [-0.39, 0.29) is 6.04 Å². The van der Waals surface area contributed by atoms with Crippen molar-refractivity contribution in [3.8, 4) is 5.75 Å². The summed E-state index contributed by atoms with van der Waals surface area (Å²) in [5.74, 6) is -1.48. The number of hydrogen-bond donors (Lipinski definition) is 2. The Bertz CT molecular complexity index is 409. The number of carboxylic acid groups (broad SMARTS) is 1. The third-order valence-electron chi connectivity index (χ3n) is 2.69. The van der Waals surface area contributed by atoms with Crippen LogP contribution in [0.1, 0.15) is 13.8 Å². The summed E-state index contributed by atoms with van der Waals surface area (Å²) in [4.78, 5) is 10.8. The Labute approximate surface area is 99.4 Å². The van der Waals surface area contributed by atoms with E-state index < -0.39 is 17.7 Å². The molecule has 2 unspecified atom stereocenters. The van der Waals surface area contributed by atoms with Crippen LogP contribution in [0.25, 0.3) is 0 Å². The van der Waals surface area contributed by atoms with Crippen LogP contribution >= 0.6 is 0 Å². The van der Waals surface area contributed by atoms with Crippen LogP contribution in [0, 0.1) is 11.7 Å². The van der Waals surface area contributed by atoms with Gasteiger partial charge in [-0.3, -0.25) is 4.79 Å². The number of carbonyl (C=O) groups is 1. The highest BCUT2D eigenvalue weighted by molar-refractivity contribution is 5.71. The molecular formula is C12H16FNO3. The Morgan fingerprint density at radius 3 is 2.65 bits per heavy atom. The van der Waals surface area contributed by atoms with Gasteiger partial charge < -0.3 is 15.2 Å². The number of carboxylic acids is 1. The molecule has 0 heterocycles. The summed E-state index contributed by atoms with van der Waals surface area (Å²) in [6.45, 7) is 3.36. The minimum absolute atomic E-state index is 0.285. The average Bonchev–Trinajstić information content (AvgIpc) is 2.30. The molecule has 4 nitrogen and oxygen atoms in total. The second-order valence-corrected chi connectivity index (χ2v) is 3.90. The van der Waals surface area contributed by atoms with Gasteiger partial charge in [0.05, 0.1) is 18.7 Å². The van der Waals surface area contributed by atoms with Gasteiger partial charge in [-0.05, 0) is 26.0 Å². The number of halogens is 1. The van der Waals surface area contributed by atoms with E-state index in [0.717, 1.165) is 0 Å². The van der Waals surface area contributed by atoms with Gasteiger partial charge in [0.15, 0.2) is 0 Å². The van der Waals surface area contributed by atoms with Crippen molar-refractivity contribution < 1.29 is 19.0 Å². The summed E-state index contributed by atoms with van der Waals surface area (Å²) in [5.41, 5.74) is 0.578. The highest BCUT2D eigenvalue weighted by Gasteiger charge is 2.20. The fourth-order valence-corrected chi connectivity index (χ4v) is 1.37. The molecule has 0 aliphatic heterocycles. The first-order chi connectivity index (χ1) is 7.95. The average molecular weight is 241 g/mol. The van der Waals surface area contributed by atoms with E-state index in [0.29, 0.717) is 11.4 Å². The SMILES string of the molecule is COc1cc(F)ccc1NC(C)C(C)C(=O)O. The molecule has 1 rings (SSSR count). The predicted molar refractivity (Wildman–Crippen MR) is 62.8 cm³/mol. The number of aliphatic carboxylic acids is 1. The van der Waals surface area contributed by atoms with Gasteiger partial charge in [0.1, 0.15) is 11.6 Å². The number of ether oxygens (including phenoxy) is 1. The van der Waals surface area contributed by atoms with E-state index in [1.54, 1.807) is 13.8 Å². The van der Waals surface area contributed by atoms with Gasteiger partial charge in [0.25, 0.3) is 0 Å². The highest BCUT2D eigenvalue weighted by atomic mass is 19.1. The predicted octanol–water partition coefficient (Wildman–Crippen LogP) is 2.36. The van der Waals surface area contributed by atoms with Gasteiger partial charge in [0, 0.05) is 12.1 Å². The molecule has 1 aromatic carbocycles. The van der Waals surface area contributed by atoms with E-state index in [1.807, 2.05) is 0 Å². The first-order valence-corrected chi connectivity index (χ1v) is 5.28. The van der Waals surface area contributed by atoms with Crippen LogP contribution in [0.5, 0.6) is 5.75 Å². The van der Waals surface area contributed by atoms with E-state index in [4.69, 9.17) is 9.84 Å². The summed E-state index contributed by atoms with van der Waals surface area (Å²) in [7, 11) is 1.44. The van der Waals surface area contributed by atoms with Crippen LogP contribution in [0.15, 0.2) is 18.2 Å². The van der Waals surface area contributed by atoms with Gasteiger partial charge in [-0.2, -0.15) is 0 Å². The summed E-state index contributed by atoms with van der Waals surface area (Å²) in [5, 5.41) is 11.9. The van der Waals surface area contributed by atoms with Gasteiger partial charge in [-0.15, -0.1) is 0 Å². The Morgan fingerprint density at radius 2 is 2.12 bits per heavy atom. The molecular weight excluding hydrogens is 225 g/mol. The molecule has 0 aliphatic carbocycles. The zero-order valence-corrected chi connectivity index (χ0v) is 10.0. The summed E-state index contributed by atoms with van der Waals surface area (Å²) < 4.78 is 18.0. The van der Waals surface area contributed by atoms with Crippen molar-refractivity contribution in [3.05, 3.63) is 24.0 Å². The van der Waals surface area contributed by atoms with Crippen molar-refractivity contribution in [1.82, 2.24) is 0 Å². The van der Waals surface area contributed by atoms with E-state index in [9.17, 15) is 9.18 Å². The van der Waals surface area contributed by atoms with Crippen LogP contribution in [-0.2, 0) is 4.79 Å². The maximum atomic E-state index is 13.0. The van der Waals surface area contributed by atoms with E-state index in [2.05, 4.69) is 5.32 Å². The minimum atomic E-state index is -0.883. The lowest BCUT2D eigenvalue weighted by atomic mass is 10.0. The molecule has 0 fully saturated rings. The number of nitrogens with one attached hydrogen (secondary N) is 1. The Kier molecular flexibility index (Phi) is 4.31. The fourth-order valence-electron chi connectivity index (χ4n) is 1.37. The van der Waals surface area contributed by atoms with Crippen molar-refractivity contribution in [2.75, 3.05) is 12.4 Å². The maximum Gasteiger partial charge on any atom is 0.308 e. The van der Waals surface area contributed by atoms with Crippen molar-refractivity contribution in [2.24, 2.45) is 5.92 Å². The van der Waals surface area contributed by atoms with Gasteiger partial charge in [-0.25, -0.2) is 4.39 Å². The number of hydrogen-bond acceptors (Lipinski definition) is 3. The summed E-state index contributed by atoms with van der Waals surface area (Å²) >= 11 is 0. The molecule has 94 valence electrons. The monoisotopic (exact) mass is 241 g/mol. The maximum absolute atomic E-state index is 13.0. The summed E-state index contributed by atoms with van der Waals surface area (Å²) in [6, 6.07) is 3.79. The first kappa shape index (κ1) is 13.3. The van der Waals surface area contributed by atoms with Crippen LogP contribution < -0.4 is 10.1 Å². The molecule has 0 bridgehead atoms. The smallest absolute Gasteiger partial charge is 0.308 e. The molecule has 2 atom stereocenters. The molecule has 2 N–H and O–H groups in total. The van der Waals surface area contributed by atoms with Crippen molar-refractivity contribution >= 4 is 11.7 Å². The number of methoxy groups -OCH3 is 1. The molecule has 1 aromatic rings.